The van der Waals surface area contributed by atoms with Gasteiger partial charge in [0.15, 0.2) is 0 Å². The Morgan fingerprint density at radius 2 is 1.94 bits per heavy atom. The predicted molar refractivity (Wildman–Crippen MR) is 132 cm³/mol. The molecule has 7 heteroatoms. The summed E-state index contributed by atoms with van der Waals surface area (Å²) >= 11 is 2.89. The zero-order chi connectivity index (χ0) is 22.9. The summed E-state index contributed by atoms with van der Waals surface area (Å²) in [5.74, 6) is 0.487. The van der Waals surface area contributed by atoms with Gasteiger partial charge in [-0.1, -0.05) is 54.6 Å². The zero-order valence-electron chi connectivity index (χ0n) is 17.9. The molecule has 0 spiro atoms. The molecule has 0 heterocycles. The van der Waals surface area contributed by atoms with E-state index in [1.807, 2.05) is 18.2 Å². The number of hydrogen-bond donors (Lipinski definition) is 3. The molecule has 0 aromatic heterocycles. The minimum Gasteiger partial charge on any atom is -0.481 e. The molecule has 0 unspecified atom stereocenters. The molecule has 3 N–H and O–H groups in total. The van der Waals surface area contributed by atoms with E-state index in [4.69, 9.17) is 5.11 Å². The van der Waals surface area contributed by atoms with Gasteiger partial charge in [-0.05, 0) is 47.1 Å². The Labute approximate surface area is 197 Å². The van der Waals surface area contributed by atoms with E-state index in [0.29, 0.717) is 6.42 Å². The zero-order valence-corrected chi connectivity index (χ0v) is 19.6. The fourth-order valence-corrected chi connectivity index (χ4v) is 6.20. The van der Waals surface area contributed by atoms with Gasteiger partial charge in [-0.2, -0.15) is 11.8 Å². The van der Waals surface area contributed by atoms with Crippen molar-refractivity contribution in [3.8, 4) is 0 Å². The highest BCUT2D eigenvalue weighted by molar-refractivity contribution is 8.01. The molecule has 0 saturated heterocycles. The van der Waals surface area contributed by atoms with Crippen molar-refractivity contribution < 1.29 is 24.9 Å². The molecule has 32 heavy (non-hydrogen) atoms. The first-order valence-electron chi connectivity index (χ1n) is 10.9. The number of fused-ring (bicyclic) bond motifs is 1. The molecule has 0 amide bonds. The molecule has 1 fully saturated rings. The Bertz CT molecular complexity index is 940. The van der Waals surface area contributed by atoms with Crippen LogP contribution < -0.4 is 0 Å². The summed E-state index contributed by atoms with van der Waals surface area (Å²) in [4.78, 5) is 22.9. The molecule has 1 aliphatic rings. The van der Waals surface area contributed by atoms with Crippen LogP contribution in [-0.4, -0.2) is 61.8 Å². The van der Waals surface area contributed by atoms with Gasteiger partial charge in [0.1, 0.15) is 5.78 Å². The monoisotopic (exact) mass is 474 g/mol. The molecule has 2 aromatic carbocycles. The predicted octanol–water partition coefficient (Wildman–Crippen LogP) is 3.95. The molecule has 0 aliphatic heterocycles. The number of aryl methyl sites for hydroxylation is 1. The van der Waals surface area contributed by atoms with E-state index in [0.717, 1.165) is 24.3 Å². The number of carbonyl (C=O) groups is 2. The highest BCUT2D eigenvalue weighted by Gasteiger charge is 2.40. The fourth-order valence-electron chi connectivity index (χ4n) is 4.01. The van der Waals surface area contributed by atoms with Gasteiger partial charge >= 0.3 is 5.97 Å². The van der Waals surface area contributed by atoms with Crippen LogP contribution in [0.3, 0.4) is 0 Å². The quantitative estimate of drug-likeness (QED) is 0.317. The van der Waals surface area contributed by atoms with Crippen LogP contribution in [0.15, 0.2) is 54.6 Å². The second-order valence-electron chi connectivity index (χ2n) is 8.04. The molecule has 4 atom stereocenters. The first kappa shape index (κ1) is 24.8. The number of aliphatic hydroxyl groups is 2. The summed E-state index contributed by atoms with van der Waals surface area (Å²) in [6.07, 6.45) is 4.43. The minimum absolute atomic E-state index is 0.0422. The number of thioether (sulfide) groups is 2. The smallest absolute Gasteiger partial charge is 0.313 e. The summed E-state index contributed by atoms with van der Waals surface area (Å²) in [7, 11) is 0. The highest BCUT2D eigenvalue weighted by Crippen LogP contribution is 2.34. The standard InChI is InChI=1S/C25H30O5S2/c26-19(10-9-18-7-3-6-17-5-1-2-8-20(17)18)11-12-21-22(27)15-23(28)25(21)32-14-4-13-31-16-24(29)30/h1-3,5-8,11-12,19,21-22,25-27H,4,9-10,13-16H2,(H,29,30)/b12-11+/t19-,21-,22+,25+/m0/s1. The number of ketones is 1. The van der Waals surface area contributed by atoms with Gasteiger partial charge in [0.2, 0.25) is 0 Å². The third-order valence-electron chi connectivity index (χ3n) is 5.62. The molecule has 172 valence electrons. The maximum Gasteiger partial charge on any atom is 0.313 e. The van der Waals surface area contributed by atoms with E-state index in [2.05, 4.69) is 24.3 Å². The van der Waals surface area contributed by atoms with Gasteiger partial charge in [0.25, 0.3) is 0 Å². The lowest BCUT2D eigenvalue weighted by molar-refractivity contribution is -0.133. The van der Waals surface area contributed by atoms with E-state index in [9.17, 15) is 19.8 Å². The van der Waals surface area contributed by atoms with E-state index in [-0.39, 0.29) is 29.1 Å². The van der Waals surface area contributed by atoms with Crippen LogP contribution in [-0.2, 0) is 16.0 Å². The molecular formula is C25H30O5S2. The van der Waals surface area contributed by atoms with Crippen molar-refractivity contribution in [1.82, 2.24) is 0 Å². The molecular weight excluding hydrogens is 444 g/mol. The molecule has 1 saturated carbocycles. The number of benzene rings is 2. The minimum atomic E-state index is -0.819. The molecule has 2 aromatic rings. The molecule has 0 radical (unpaired) electrons. The molecule has 1 aliphatic carbocycles. The summed E-state index contributed by atoms with van der Waals surface area (Å²) in [5.41, 5.74) is 1.20. The largest absolute Gasteiger partial charge is 0.481 e. The summed E-state index contributed by atoms with van der Waals surface area (Å²) in [6.45, 7) is 0. The third kappa shape index (κ3) is 7.10. The van der Waals surface area contributed by atoms with E-state index < -0.39 is 18.2 Å². The van der Waals surface area contributed by atoms with Gasteiger partial charge in [-0.3, -0.25) is 9.59 Å². The normalized spacial score (nSPS) is 22.1. The van der Waals surface area contributed by atoms with E-state index >= 15 is 0 Å². The number of carboxylic acids is 1. The van der Waals surface area contributed by atoms with Crippen molar-refractivity contribution in [2.24, 2.45) is 5.92 Å². The van der Waals surface area contributed by atoms with Crippen molar-refractivity contribution in [3.05, 3.63) is 60.2 Å². The van der Waals surface area contributed by atoms with Crippen LogP contribution in [0.1, 0.15) is 24.8 Å². The third-order valence-corrected chi connectivity index (χ3v) is 8.11. The lowest BCUT2D eigenvalue weighted by Crippen LogP contribution is -2.22. The van der Waals surface area contributed by atoms with Crippen LogP contribution in [0.25, 0.3) is 10.8 Å². The average Bonchev–Trinajstić information content (AvgIpc) is 3.05. The summed E-state index contributed by atoms with van der Waals surface area (Å²) in [5, 5.41) is 31.6. The number of hydrogen-bond acceptors (Lipinski definition) is 6. The first-order chi connectivity index (χ1) is 15.5. The Morgan fingerprint density at radius 3 is 2.75 bits per heavy atom. The SMILES string of the molecule is O=C(O)CSCCCS[C@H]1C(=O)C[C@@H](O)[C@@H]1/C=C/[C@@H](O)CCc1cccc2ccccc12. The lowest BCUT2D eigenvalue weighted by atomic mass is 9.98. The van der Waals surface area contributed by atoms with Gasteiger partial charge in [-0.25, -0.2) is 0 Å². The van der Waals surface area contributed by atoms with Crippen molar-refractivity contribution >= 4 is 46.0 Å². The molecule has 3 rings (SSSR count). The highest BCUT2D eigenvalue weighted by atomic mass is 32.2. The van der Waals surface area contributed by atoms with Crippen LogP contribution in [0.2, 0.25) is 0 Å². The van der Waals surface area contributed by atoms with Crippen LogP contribution in [0, 0.1) is 5.92 Å². The van der Waals surface area contributed by atoms with Crippen LogP contribution >= 0.6 is 23.5 Å². The average molecular weight is 475 g/mol. The Morgan fingerprint density at radius 1 is 1.16 bits per heavy atom. The molecule has 5 nitrogen and oxygen atoms in total. The van der Waals surface area contributed by atoms with Crippen molar-refractivity contribution in [2.45, 2.75) is 43.1 Å². The van der Waals surface area contributed by atoms with Crippen molar-refractivity contribution in [1.29, 1.82) is 0 Å². The number of carbonyl (C=O) groups excluding carboxylic acids is 1. The second kappa shape index (κ2) is 12.4. The van der Waals surface area contributed by atoms with Crippen LogP contribution in [0.4, 0.5) is 0 Å². The van der Waals surface area contributed by atoms with E-state index in [1.165, 1.54) is 39.9 Å². The maximum absolute atomic E-state index is 12.3. The number of carboxylic acid groups (broad SMARTS) is 1. The number of rotatable bonds is 12. The Hall–Kier alpha value is -1.80. The van der Waals surface area contributed by atoms with Crippen molar-refractivity contribution in [2.75, 3.05) is 17.3 Å². The topological polar surface area (TPSA) is 94.8 Å². The van der Waals surface area contributed by atoms with Crippen LogP contribution in [0.5, 0.6) is 0 Å². The summed E-state index contributed by atoms with van der Waals surface area (Å²) in [6, 6.07) is 14.4. The molecule has 0 bridgehead atoms. The van der Waals surface area contributed by atoms with E-state index in [1.54, 1.807) is 12.2 Å². The number of aliphatic hydroxyl groups excluding tert-OH is 2. The van der Waals surface area contributed by atoms with Gasteiger partial charge in [0.05, 0.1) is 23.2 Å². The lowest BCUT2D eigenvalue weighted by Gasteiger charge is -2.17. The Balaban J connectivity index is 1.50. The Kier molecular flexibility index (Phi) is 9.66. The van der Waals surface area contributed by atoms with Crippen molar-refractivity contribution in [3.63, 3.8) is 0 Å². The van der Waals surface area contributed by atoms with Gasteiger partial charge in [0, 0.05) is 12.3 Å². The van der Waals surface area contributed by atoms with Gasteiger partial charge < -0.3 is 15.3 Å². The fraction of sp³-hybridized carbons (Fsp3) is 0.440. The number of Topliss-reactive ketones (excluding diaryl/α,β-unsaturated/α-hetero) is 1. The summed E-state index contributed by atoms with van der Waals surface area (Å²) < 4.78 is 0. The first-order valence-corrected chi connectivity index (χ1v) is 13.1. The maximum atomic E-state index is 12.3. The van der Waals surface area contributed by atoms with Gasteiger partial charge in [-0.15, -0.1) is 11.8 Å². The second-order valence-corrected chi connectivity index (χ2v) is 10.4. The number of aliphatic carboxylic acids is 1.